The van der Waals surface area contributed by atoms with E-state index in [1.165, 1.54) is 5.06 Å². The Bertz CT molecular complexity index is 1030. The molecule has 170 valence electrons. The number of carbonyl (C=O) groups is 1. The van der Waals surface area contributed by atoms with E-state index in [1.54, 1.807) is 0 Å². The Morgan fingerprint density at radius 2 is 1.88 bits per heavy atom. The maximum Gasteiger partial charge on any atom is 0.430 e. The van der Waals surface area contributed by atoms with Crippen LogP contribution in [-0.2, 0) is 15.9 Å². The molecule has 0 saturated carbocycles. The maximum absolute atomic E-state index is 12.9. The number of amides is 1. The van der Waals surface area contributed by atoms with Gasteiger partial charge >= 0.3 is 12.3 Å². The van der Waals surface area contributed by atoms with Gasteiger partial charge in [0.25, 0.3) is 0 Å². The van der Waals surface area contributed by atoms with Crippen LogP contribution in [0.15, 0.2) is 47.6 Å². The lowest BCUT2D eigenvalue weighted by Gasteiger charge is -2.35. The Morgan fingerprint density at radius 1 is 1.19 bits per heavy atom. The predicted octanol–water partition coefficient (Wildman–Crippen LogP) is 5.79. The minimum Gasteiger partial charge on any atom is -0.388 e. The van der Waals surface area contributed by atoms with E-state index in [9.17, 15) is 18.0 Å². The Hall–Kier alpha value is -2.78. The summed E-state index contributed by atoms with van der Waals surface area (Å²) in [6, 6.07) is 10.8. The number of aryl methyl sites for hydroxylation is 1. The molecular formula is C22H21ClF3N3O3. The fraction of sp³-hybridized carbons (Fsp3) is 0.364. The van der Waals surface area contributed by atoms with Crippen LogP contribution in [0.2, 0.25) is 5.02 Å². The average Bonchev–Trinajstić information content (AvgIpc) is 3.15. The van der Waals surface area contributed by atoms with E-state index < -0.39 is 23.4 Å². The lowest BCUT2D eigenvalue weighted by molar-refractivity contribution is -0.154. The lowest BCUT2D eigenvalue weighted by Crippen LogP contribution is -2.45. The average molecular weight is 468 g/mol. The second-order valence-electron chi connectivity index (χ2n) is 7.98. The molecule has 0 aromatic heterocycles. The van der Waals surface area contributed by atoms with Gasteiger partial charge in [0.05, 0.1) is 22.0 Å². The van der Waals surface area contributed by atoms with Crippen LogP contribution in [0.1, 0.15) is 36.0 Å². The first-order valence-electron chi connectivity index (χ1n) is 10.1. The van der Waals surface area contributed by atoms with Gasteiger partial charge in [-0.2, -0.15) is 13.2 Å². The summed E-state index contributed by atoms with van der Waals surface area (Å²) in [5, 5.41) is 7.97. The van der Waals surface area contributed by atoms with Crippen LogP contribution < -0.4 is 5.32 Å². The molecule has 10 heteroatoms. The van der Waals surface area contributed by atoms with Crippen LogP contribution in [-0.4, -0.2) is 35.6 Å². The standard InChI is InChI=1S/C22H21ClF3N3O3/c1-14-2-4-15(5-3-14)19-13-21(32-28-19)8-10-29(11-9-21)31-20(30)27-18-12-16(22(24,25)26)6-7-17(18)23/h2-7,12H,8-11,13H2,1H3,(H,27,30). The molecule has 0 radical (unpaired) electrons. The number of benzene rings is 2. The third-order valence-electron chi connectivity index (χ3n) is 5.60. The summed E-state index contributed by atoms with van der Waals surface area (Å²) in [5.74, 6) is 0. The summed E-state index contributed by atoms with van der Waals surface area (Å²) in [5.41, 5.74) is 1.54. The number of hydrogen-bond donors (Lipinski definition) is 1. The number of rotatable bonds is 3. The van der Waals surface area contributed by atoms with Crippen LogP contribution in [0.25, 0.3) is 0 Å². The molecule has 2 aromatic rings. The van der Waals surface area contributed by atoms with E-state index in [0.717, 1.165) is 35.0 Å². The number of oxime groups is 1. The molecule has 1 fully saturated rings. The van der Waals surface area contributed by atoms with Crippen molar-refractivity contribution in [3.63, 3.8) is 0 Å². The fourth-order valence-electron chi connectivity index (χ4n) is 3.72. The topological polar surface area (TPSA) is 63.2 Å². The van der Waals surface area contributed by atoms with Crippen LogP contribution in [0.3, 0.4) is 0 Å². The summed E-state index contributed by atoms with van der Waals surface area (Å²) < 4.78 is 38.7. The zero-order valence-electron chi connectivity index (χ0n) is 17.2. The number of nitrogens with one attached hydrogen (secondary N) is 1. The van der Waals surface area contributed by atoms with Gasteiger partial charge in [0, 0.05) is 32.4 Å². The normalized spacial score (nSPS) is 18.2. The van der Waals surface area contributed by atoms with Crippen molar-refractivity contribution in [2.75, 3.05) is 18.4 Å². The van der Waals surface area contributed by atoms with Crippen molar-refractivity contribution in [1.82, 2.24) is 5.06 Å². The van der Waals surface area contributed by atoms with Crippen molar-refractivity contribution in [2.45, 2.75) is 38.0 Å². The van der Waals surface area contributed by atoms with Crippen LogP contribution >= 0.6 is 11.6 Å². The van der Waals surface area contributed by atoms with E-state index in [2.05, 4.69) is 10.5 Å². The number of halogens is 4. The highest BCUT2D eigenvalue weighted by atomic mass is 35.5. The van der Waals surface area contributed by atoms with Crippen LogP contribution in [0, 0.1) is 6.92 Å². The number of nitrogens with zero attached hydrogens (tertiary/aromatic N) is 2. The first-order valence-corrected chi connectivity index (χ1v) is 10.4. The van der Waals surface area contributed by atoms with Gasteiger partial charge in [-0.05, 0) is 30.7 Å². The highest BCUT2D eigenvalue weighted by molar-refractivity contribution is 6.33. The Kier molecular flexibility index (Phi) is 6.05. The highest BCUT2D eigenvalue weighted by Crippen LogP contribution is 2.37. The molecule has 0 bridgehead atoms. The third-order valence-corrected chi connectivity index (χ3v) is 5.93. The van der Waals surface area contributed by atoms with E-state index in [4.69, 9.17) is 21.3 Å². The molecule has 1 amide bonds. The zero-order chi connectivity index (χ0) is 22.9. The zero-order valence-corrected chi connectivity index (χ0v) is 18.0. The Labute approximate surface area is 187 Å². The molecule has 2 heterocycles. The quantitative estimate of drug-likeness (QED) is 0.620. The van der Waals surface area contributed by atoms with Crippen molar-refractivity contribution in [3.05, 3.63) is 64.2 Å². The summed E-state index contributed by atoms with van der Waals surface area (Å²) in [6.45, 7) is 2.83. The van der Waals surface area contributed by atoms with E-state index in [-0.39, 0.29) is 10.7 Å². The molecule has 0 unspecified atom stereocenters. The molecule has 1 spiro atoms. The number of hydroxylamine groups is 2. The van der Waals surface area contributed by atoms with Crippen molar-refractivity contribution in [1.29, 1.82) is 0 Å². The summed E-state index contributed by atoms with van der Waals surface area (Å²) in [4.78, 5) is 23.2. The van der Waals surface area contributed by atoms with Gasteiger partial charge in [-0.25, -0.2) is 4.79 Å². The molecular weight excluding hydrogens is 447 g/mol. The second kappa shape index (κ2) is 8.63. The largest absolute Gasteiger partial charge is 0.430 e. The summed E-state index contributed by atoms with van der Waals surface area (Å²) in [6.07, 6.45) is -3.62. The van der Waals surface area contributed by atoms with E-state index >= 15 is 0 Å². The highest BCUT2D eigenvalue weighted by Gasteiger charge is 2.43. The molecule has 1 saturated heterocycles. The van der Waals surface area contributed by atoms with Gasteiger partial charge in [-0.3, -0.25) is 5.32 Å². The molecule has 4 rings (SSSR count). The molecule has 2 aromatic carbocycles. The van der Waals surface area contributed by atoms with Gasteiger partial charge in [0.15, 0.2) is 0 Å². The van der Waals surface area contributed by atoms with Gasteiger partial charge < -0.3 is 9.68 Å². The monoisotopic (exact) mass is 467 g/mol. The van der Waals surface area contributed by atoms with E-state index in [0.29, 0.717) is 32.4 Å². The minimum absolute atomic E-state index is 0.0207. The van der Waals surface area contributed by atoms with Crippen LogP contribution in [0.4, 0.5) is 23.7 Å². The molecule has 6 nitrogen and oxygen atoms in total. The smallest absolute Gasteiger partial charge is 0.388 e. The second-order valence-corrected chi connectivity index (χ2v) is 8.39. The Morgan fingerprint density at radius 3 is 2.53 bits per heavy atom. The number of anilines is 1. The first kappa shape index (κ1) is 22.4. The van der Waals surface area contributed by atoms with Crippen molar-refractivity contribution in [3.8, 4) is 0 Å². The molecule has 0 aliphatic carbocycles. The fourth-order valence-corrected chi connectivity index (χ4v) is 3.89. The number of alkyl halides is 3. The summed E-state index contributed by atoms with van der Waals surface area (Å²) >= 11 is 5.91. The van der Waals surface area contributed by atoms with Gasteiger partial charge in [-0.1, -0.05) is 46.6 Å². The summed E-state index contributed by atoms with van der Waals surface area (Å²) in [7, 11) is 0. The van der Waals surface area contributed by atoms with Crippen LogP contribution in [0.5, 0.6) is 0 Å². The van der Waals surface area contributed by atoms with Gasteiger partial charge in [0.1, 0.15) is 5.60 Å². The van der Waals surface area contributed by atoms with Crippen molar-refractivity contribution < 1.29 is 27.6 Å². The lowest BCUT2D eigenvalue weighted by atomic mass is 9.86. The van der Waals surface area contributed by atoms with Gasteiger partial charge in [-0.15, -0.1) is 5.06 Å². The maximum atomic E-state index is 12.9. The van der Waals surface area contributed by atoms with Gasteiger partial charge in [0.2, 0.25) is 0 Å². The Balaban J connectivity index is 1.30. The number of carbonyl (C=O) groups excluding carboxylic acids is 1. The SMILES string of the molecule is Cc1ccc(C2=NOC3(CCN(OC(=O)Nc4cc(C(F)(F)F)ccc4Cl)CC3)C2)cc1. The van der Waals surface area contributed by atoms with Crippen molar-refractivity contribution >= 4 is 29.1 Å². The molecule has 32 heavy (non-hydrogen) atoms. The molecule has 2 aliphatic heterocycles. The number of hydrogen-bond acceptors (Lipinski definition) is 5. The minimum atomic E-state index is -4.55. The number of piperidine rings is 1. The van der Waals surface area contributed by atoms with Crippen molar-refractivity contribution in [2.24, 2.45) is 5.16 Å². The first-order chi connectivity index (χ1) is 15.1. The molecule has 0 atom stereocenters. The third kappa shape index (κ3) is 4.99. The molecule has 1 N–H and O–H groups in total. The molecule has 2 aliphatic rings. The predicted molar refractivity (Wildman–Crippen MR) is 114 cm³/mol. The van der Waals surface area contributed by atoms with E-state index in [1.807, 2.05) is 31.2 Å².